The lowest BCUT2D eigenvalue weighted by molar-refractivity contribution is 0.208. The van der Waals surface area contributed by atoms with E-state index in [0.717, 1.165) is 18.9 Å². The van der Waals surface area contributed by atoms with Crippen LogP contribution in [0.25, 0.3) is 0 Å². The monoisotopic (exact) mass is 315 g/mol. The number of nitrogens with one attached hydrogen (secondary N) is 1. The molecule has 2 N–H and O–H groups in total. The third kappa shape index (κ3) is 3.68. The molecule has 2 aromatic heterocycles. The van der Waals surface area contributed by atoms with Crippen LogP contribution < -0.4 is 10.2 Å². The first-order chi connectivity index (χ1) is 11.1. The van der Waals surface area contributed by atoms with Crippen LogP contribution in [0.5, 0.6) is 5.75 Å². The molecule has 2 amide bonds. The summed E-state index contributed by atoms with van der Waals surface area (Å²) in [5.74, 6) is 1.45. The Bertz CT molecular complexity index is 687. The highest BCUT2D eigenvalue weighted by Gasteiger charge is 2.22. The molecule has 7 heteroatoms. The number of hydrogen-bond acceptors (Lipinski definition) is 5. The maximum Gasteiger partial charge on any atom is 0.323 e. The highest BCUT2D eigenvalue weighted by atomic mass is 16.3. The number of urea groups is 1. The minimum atomic E-state index is -0.181. The number of rotatable bonds is 2. The van der Waals surface area contributed by atoms with E-state index in [4.69, 9.17) is 0 Å². The summed E-state index contributed by atoms with van der Waals surface area (Å²) in [5.41, 5.74) is 1.17. The average Bonchev–Trinajstić information content (AvgIpc) is 2.57. The molecule has 0 unspecified atom stereocenters. The van der Waals surface area contributed by atoms with Crippen LogP contribution in [0.3, 0.4) is 0 Å². The van der Waals surface area contributed by atoms with Gasteiger partial charge in [0.15, 0.2) is 0 Å². The van der Waals surface area contributed by atoms with E-state index >= 15 is 0 Å². The van der Waals surface area contributed by atoms with Crippen LogP contribution in [0.4, 0.5) is 16.4 Å². The number of aryl methyl sites for hydroxylation is 1. The normalized spacial score (nSPS) is 14.7. The first-order valence-corrected chi connectivity index (χ1v) is 7.50. The van der Waals surface area contributed by atoms with Gasteiger partial charge in [-0.25, -0.2) is 14.8 Å². The lowest BCUT2D eigenvalue weighted by Gasteiger charge is -2.35. The number of carbonyl (C=O) groups excluding carboxylic acids is 1. The van der Waals surface area contributed by atoms with Crippen molar-refractivity contribution in [1.29, 1.82) is 0 Å². The summed E-state index contributed by atoms with van der Waals surface area (Å²) in [5, 5.41) is 11.9. The summed E-state index contributed by atoms with van der Waals surface area (Å²) < 4.78 is 0. The Morgan fingerprint density at radius 3 is 2.65 bits per heavy atom. The number of pyridine rings is 2. The van der Waals surface area contributed by atoms with E-state index < -0.39 is 0 Å². The maximum absolute atomic E-state index is 12.2. The number of nitrogens with zero attached hydrogens (tertiary/aromatic N) is 4. The largest absolute Gasteiger partial charge is 0.506 e. The van der Waals surface area contributed by atoms with Crippen molar-refractivity contribution in [2.24, 2.45) is 0 Å². The number of piperazine rings is 1. The van der Waals surface area contributed by atoms with Crippen LogP contribution in [0.2, 0.25) is 0 Å². The molecule has 1 aliphatic heterocycles. The van der Waals surface area contributed by atoms with Crippen LogP contribution in [-0.2, 0) is 0 Å². The second kappa shape index (κ2) is 6.51. The molecule has 0 aliphatic carbocycles. The summed E-state index contributed by atoms with van der Waals surface area (Å²) in [6, 6.07) is 6.90. The van der Waals surface area contributed by atoms with E-state index in [9.17, 15) is 9.90 Å². The van der Waals surface area contributed by atoms with E-state index in [0.29, 0.717) is 18.9 Å². The van der Waals surface area contributed by atoms with Crippen LogP contribution in [0.15, 0.2) is 36.7 Å². The summed E-state index contributed by atoms with van der Waals surface area (Å²) in [6.07, 6.45) is 3.11. The van der Waals surface area contributed by atoms with Crippen molar-refractivity contribution < 1.29 is 11.3 Å². The van der Waals surface area contributed by atoms with Crippen molar-refractivity contribution in [3.8, 4) is 5.75 Å². The Balaban J connectivity index is 0.00000208. The van der Waals surface area contributed by atoms with E-state index in [1.165, 1.54) is 17.8 Å². The lowest BCUT2D eigenvalue weighted by Crippen LogP contribution is -2.50. The molecule has 1 aliphatic rings. The van der Waals surface area contributed by atoms with Crippen molar-refractivity contribution in [2.75, 3.05) is 36.4 Å². The molecule has 2 aromatic rings. The van der Waals surface area contributed by atoms with Gasteiger partial charge >= 0.3 is 6.03 Å². The zero-order chi connectivity index (χ0) is 16.2. The predicted octanol–water partition coefficient (Wildman–Crippen LogP) is 2.09. The Kier molecular flexibility index (Phi) is 4.27. The third-order valence-electron chi connectivity index (χ3n) is 3.77. The number of aromatic nitrogens is 2. The standard InChI is InChI=1S/C16H19N5O2.H2/c1-12-4-5-17-15(10-12)20-6-8-21(9-7-20)16(23)19-14-3-2-13(22)11-18-14;/h2-5,10-11,22H,6-9H2,1H3,(H,18,19,23);1H. The molecule has 7 nitrogen and oxygen atoms in total. The molecule has 0 atom stereocenters. The minimum absolute atomic E-state index is 0. The van der Waals surface area contributed by atoms with Gasteiger partial charge in [0.25, 0.3) is 0 Å². The second-order valence-electron chi connectivity index (χ2n) is 5.50. The molecular formula is C16H21N5O2. The van der Waals surface area contributed by atoms with Crippen molar-refractivity contribution in [3.05, 3.63) is 42.2 Å². The lowest BCUT2D eigenvalue weighted by atomic mass is 10.2. The molecule has 1 fully saturated rings. The van der Waals surface area contributed by atoms with Gasteiger partial charge in [0.1, 0.15) is 17.4 Å². The van der Waals surface area contributed by atoms with Gasteiger partial charge in [-0.2, -0.15) is 0 Å². The van der Waals surface area contributed by atoms with Gasteiger partial charge in [0.05, 0.1) is 6.20 Å². The Morgan fingerprint density at radius 2 is 2.00 bits per heavy atom. The molecule has 0 aromatic carbocycles. The van der Waals surface area contributed by atoms with E-state index in [-0.39, 0.29) is 13.2 Å². The smallest absolute Gasteiger partial charge is 0.323 e. The number of hydrogen-bond donors (Lipinski definition) is 2. The highest BCUT2D eigenvalue weighted by Crippen LogP contribution is 2.16. The molecule has 0 bridgehead atoms. The summed E-state index contributed by atoms with van der Waals surface area (Å²) in [6.45, 7) is 4.78. The number of anilines is 2. The van der Waals surface area contributed by atoms with Crippen LogP contribution in [-0.4, -0.2) is 52.2 Å². The molecule has 0 spiro atoms. The molecule has 1 saturated heterocycles. The Hall–Kier alpha value is -2.83. The Labute approximate surface area is 136 Å². The third-order valence-corrected chi connectivity index (χ3v) is 3.77. The highest BCUT2D eigenvalue weighted by molar-refractivity contribution is 5.88. The number of carbonyl (C=O) groups is 1. The van der Waals surface area contributed by atoms with E-state index in [2.05, 4.69) is 26.3 Å². The number of aromatic hydroxyl groups is 1. The topological polar surface area (TPSA) is 81.6 Å². The van der Waals surface area contributed by atoms with Crippen LogP contribution in [0, 0.1) is 6.92 Å². The van der Waals surface area contributed by atoms with Crippen LogP contribution in [0.1, 0.15) is 6.99 Å². The molecule has 3 heterocycles. The summed E-state index contributed by atoms with van der Waals surface area (Å²) >= 11 is 0. The fourth-order valence-electron chi connectivity index (χ4n) is 2.48. The van der Waals surface area contributed by atoms with Crippen molar-refractivity contribution in [1.82, 2.24) is 14.9 Å². The SMILES string of the molecule is Cc1ccnc(N2CCN(C(=O)Nc3ccc(O)cn3)CC2)c1.[HH]. The molecule has 122 valence electrons. The maximum atomic E-state index is 12.2. The van der Waals surface area contributed by atoms with Gasteiger partial charge in [-0.1, -0.05) is 0 Å². The van der Waals surface area contributed by atoms with Gasteiger partial charge in [0.2, 0.25) is 0 Å². The van der Waals surface area contributed by atoms with Gasteiger partial charge in [0, 0.05) is 33.8 Å². The summed E-state index contributed by atoms with van der Waals surface area (Å²) in [4.78, 5) is 24.5. The van der Waals surface area contributed by atoms with E-state index in [1.54, 1.807) is 17.2 Å². The fraction of sp³-hybridized carbons (Fsp3) is 0.312. The fourth-order valence-corrected chi connectivity index (χ4v) is 2.48. The van der Waals surface area contributed by atoms with Crippen LogP contribution >= 0.6 is 0 Å². The van der Waals surface area contributed by atoms with Gasteiger partial charge < -0.3 is 14.9 Å². The van der Waals surface area contributed by atoms with Crippen molar-refractivity contribution >= 4 is 17.7 Å². The molecule has 23 heavy (non-hydrogen) atoms. The quantitative estimate of drug-likeness (QED) is 0.887. The second-order valence-corrected chi connectivity index (χ2v) is 5.50. The molecule has 0 radical (unpaired) electrons. The molecule has 3 rings (SSSR count). The number of amides is 2. The first-order valence-electron chi connectivity index (χ1n) is 7.50. The van der Waals surface area contributed by atoms with E-state index in [1.807, 2.05) is 13.0 Å². The zero-order valence-corrected chi connectivity index (χ0v) is 12.9. The average molecular weight is 315 g/mol. The zero-order valence-electron chi connectivity index (χ0n) is 12.9. The summed E-state index contributed by atoms with van der Waals surface area (Å²) in [7, 11) is 0. The van der Waals surface area contributed by atoms with Gasteiger partial charge in [-0.15, -0.1) is 0 Å². The minimum Gasteiger partial charge on any atom is -0.506 e. The Morgan fingerprint density at radius 1 is 1.22 bits per heavy atom. The van der Waals surface area contributed by atoms with Gasteiger partial charge in [-0.05, 0) is 36.8 Å². The van der Waals surface area contributed by atoms with Crippen molar-refractivity contribution in [3.63, 3.8) is 0 Å². The van der Waals surface area contributed by atoms with Gasteiger partial charge in [-0.3, -0.25) is 5.32 Å². The predicted molar refractivity (Wildman–Crippen MR) is 89.8 cm³/mol. The van der Waals surface area contributed by atoms with Crippen molar-refractivity contribution in [2.45, 2.75) is 6.92 Å². The first kappa shape index (κ1) is 15.1. The molecule has 0 saturated carbocycles. The molecular weight excluding hydrogens is 294 g/mol.